The minimum atomic E-state index is -3.61. The fourth-order valence-corrected chi connectivity index (χ4v) is 3.12. The Morgan fingerprint density at radius 2 is 1.94 bits per heavy atom. The first-order valence-electron chi connectivity index (χ1n) is 5.22. The van der Waals surface area contributed by atoms with Crippen molar-refractivity contribution in [1.82, 2.24) is 0 Å². The van der Waals surface area contributed by atoms with Gasteiger partial charge < -0.3 is 5.11 Å². The molecule has 5 heteroatoms. The molecule has 1 N–H and O–H groups in total. The van der Waals surface area contributed by atoms with Crippen LogP contribution in [0.3, 0.4) is 0 Å². The maximum Gasteiger partial charge on any atom is 0.236 e. The highest BCUT2D eigenvalue weighted by atomic mass is 35.7. The molecular formula is C11H13ClO3S. The van der Waals surface area contributed by atoms with E-state index in [9.17, 15) is 13.5 Å². The zero-order valence-corrected chi connectivity index (χ0v) is 10.3. The van der Waals surface area contributed by atoms with Gasteiger partial charge in [-0.15, -0.1) is 0 Å². The van der Waals surface area contributed by atoms with Gasteiger partial charge in [0.25, 0.3) is 0 Å². The van der Waals surface area contributed by atoms with Crippen LogP contribution in [-0.4, -0.2) is 13.5 Å². The van der Waals surface area contributed by atoms with E-state index >= 15 is 0 Å². The summed E-state index contributed by atoms with van der Waals surface area (Å²) < 4.78 is 22.0. The summed E-state index contributed by atoms with van der Waals surface area (Å²) in [6.45, 7) is 0. The number of hydrogen-bond donors (Lipinski definition) is 1. The minimum absolute atomic E-state index is 0.112. The van der Waals surface area contributed by atoms with Crippen LogP contribution in [0.15, 0.2) is 12.1 Å². The molecule has 0 aromatic heterocycles. The van der Waals surface area contributed by atoms with E-state index < -0.39 is 9.05 Å². The number of benzene rings is 1. The first kappa shape index (κ1) is 11.7. The predicted octanol–water partition coefficient (Wildman–Crippen LogP) is 2.34. The molecule has 0 fully saturated rings. The summed E-state index contributed by atoms with van der Waals surface area (Å²) in [5, 5.41) is 9.97. The van der Waals surface area contributed by atoms with Gasteiger partial charge in [0.05, 0.1) is 5.75 Å². The summed E-state index contributed by atoms with van der Waals surface area (Å²) in [6.07, 6.45) is 3.94. The summed E-state index contributed by atoms with van der Waals surface area (Å²) in [6, 6.07) is 3.55. The molecule has 0 aliphatic heterocycles. The molecule has 1 aromatic carbocycles. The summed E-state index contributed by atoms with van der Waals surface area (Å²) >= 11 is 0. The Balaban J connectivity index is 2.42. The number of phenols is 1. The lowest BCUT2D eigenvalue weighted by atomic mass is 9.89. The number of phenolic OH excluding ortho intramolecular Hbond substituents is 1. The van der Waals surface area contributed by atoms with Gasteiger partial charge in [-0.1, -0.05) is 12.1 Å². The summed E-state index contributed by atoms with van der Waals surface area (Å²) in [7, 11) is 1.57. The Bertz CT molecular complexity index is 508. The van der Waals surface area contributed by atoms with E-state index in [2.05, 4.69) is 0 Å². The first-order chi connectivity index (χ1) is 7.47. The van der Waals surface area contributed by atoms with E-state index in [1.165, 1.54) is 0 Å². The Morgan fingerprint density at radius 3 is 2.62 bits per heavy atom. The molecule has 16 heavy (non-hydrogen) atoms. The molecule has 0 atom stereocenters. The molecule has 3 nitrogen and oxygen atoms in total. The van der Waals surface area contributed by atoms with Crippen LogP contribution in [0.1, 0.15) is 29.5 Å². The number of fused-ring (bicyclic) bond motifs is 1. The van der Waals surface area contributed by atoms with Gasteiger partial charge in [-0.2, -0.15) is 0 Å². The normalized spacial score (nSPS) is 15.8. The number of halogens is 1. The fraction of sp³-hybridized carbons (Fsp3) is 0.455. The molecule has 1 aliphatic rings. The number of hydrogen-bond acceptors (Lipinski definition) is 3. The van der Waals surface area contributed by atoms with Crippen LogP contribution in [0, 0.1) is 0 Å². The average Bonchev–Trinajstić information content (AvgIpc) is 2.21. The van der Waals surface area contributed by atoms with Gasteiger partial charge in [0.1, 0.15) is 5.75 Å². The average molecular weight is 261 g/mol. The second-order valence-electron chi connectivity index (χ2n) is 4.10. The van der Waals surface area contributed by atoms with E-state index in [0.717, 1.165) is 36.8 Å². The lowest BCUT2D eigenvalue weighted by Crippen LogP contribution is -2.05. The van der Waals surface area contributed by atoms with Gasteiger partial charge in [0.15, 0.2) is 0 Å². The molecular weight excluding hydrogens is 248 g/mol. The van der Waals surface area contributed by atoms with Crippen molar-refractivity contribution in [2.45, 2.75) is 31.4 Å². The Kier molecular flexibility index (Phi) is 3.13. The highest BCUT2D eigenvalue weighted by molar-refractivity contribution is 8.13. The maximum absolute atomic E-state index is 11.0. The van der Waals surface area contributed by atoms with Crippen LogP contribution < -0.4 is 0 Å². The van der Waals surface area contributed by atoms with Crippen molar-refractivity contribution in [3.63, 3.8) is 0 Å². The smallest absolute Gasteiger partial charge is 0.236 e. The zero-order valence-electron chi connectivity index (χ0n) is 8.74. The highest BCUT2D eigenvalue weighted by Crippen LogP contribution is 2.33. The van der Waals surface area contributed by atoms with Crippen molar-refractivity contribution >= 4 is 19.7 Å². The van der Waals surface area contributed by atoms with E-state index in [1.54, 1.807) is 6.07 Å². The van der Waals surface area contributed by atoms with Crippen LogP contribution in [0.4, 0.5) is 0 Å². The lowest BCUT2D eigenvalue weighted by Gasteiger charge is -2.18. The summed E-state index contributed by atoms with van der Waals surface area (Å²) in [5.74, 6) is -0.199. The van der Waals surface area contributed by atoms with Crippen molar-refractivity contribution in [3.8, 4) is 5.75 Å². The van der Waals surface area contributed by atoms with E-state index in [4.69, 9.17) is 10.7 Å². The first-order valence-corrected chi connectivity index (χ1v) is 7.70. The number of rotatable bonds is 2. The zero-order chi connectivity index (χ0) is 11.8. The predicted molar refractivity (Wildman–Crippen MR) is 63.2 cm³/mol. The van der Waals surface area contributed by atoms with Crippen LogP contribution >= 0.6 is 10.7 Å². The van der Waals surface area contributed by atoms with Gasteiger partial charge in [0.2, 0.25) is 9.05 Å². The molecule has 0 spiro atoms. The Labute approximate surface area is 99.5 Å². The van der Waals surface area contributed by atoms with E-state index in [-0.39, 0.29) is 11.5 Å². The second-order valence-corrected chi connectivity index (χ2v) is 6.88. The van der Waals surface area contributed by atoms with Crippen molar-refractivity contribution < 1.29 is 13.5 Å². The Hall–Kier alpha value is -0.740. The lowest BCUT2D eigenvalue weighted by molar-refractivity contribution is 0.456. The molecule has 2 rings (SSSR count). The van der Waals surface area contributed by atoms with Gasteiger partial charge in [-0.05, 0) is 36.8 Å². The second kappa shape index (κ2) is 4.26. The third-order valence-electron chi connectivity index (χ3n) is 2.91. The van der Waals surface area contributed by atoms with Gasteiger partial charge >= 0.3 is 0 Å². The molecule has 0 saturated carbocycles. The van der Waals surface area contributed by atoms with Crippen molar-refractivity contribution in [2.24, 2.45) is 0 Å². The molecule has 1 aromatic rings. The molecule has 0 amide bonds. The molecule has 88 valence electrons. The van der Waals surface area contributed by atoms with Crippen molar-refractivity contribution in [1.29, 1.82) is 0 Å². The fourth-order valence-electron chi connectivity index (χ4n) is 2.16. The molecule has 0 saturated heterocycles. The van der Waals surface area contributed by atoms with Crippen LogP contribution in [0.25, 0.3) is 0 Å². The summed E-state index contributed by atoms with van der Waals surface area (Å²) in [4.78, 5) is 0. The largest absolute Gasteiger partial charge is 0.507 e. The van der Waals surface area contributed by atoms with Gasteiger partial charge in [-0.25, -0.2) is 8.42 Å². The van der Waals surface area contributed by atoms with Crippen LogP contribution in [0.5, 0.6) is 5.75 Å². The monoisotopic (exact) mass is 260 g/mol. The quantitative estimate of drug-likeness (QED) is 0.831. The number of aromatic hydroxyl groups is 1. The maximum atomic E-state index is 11.0. The van der Waals surface area contributed by atoms with Gasteiger partial charge in [0, 0.05) is 16.2 Å². The molecule has 1 aliphatic carbocycles. The standard InChI is InChI=1S/C11H13ClO3S/c12-16(14,15)7-9-6-5-8-3-1-2-4-10(8)11(9)13/h5-6,13H,1-4,7H2. The van der Waals surface area contributed by atoms with E-state index in [1.807, 2.05) is 6.07 Å². The molecule has 0 heterocycles. The Morgan fingerprint density at radius 1 is 1.25 bits per heavy atom. The molecule has 0 radical (unpaired) electrons. The molecule has 0 unspecified atom stereocenters. The highest BCUT2D eigenvalue weighted by Gasteiger charge is 2.18. The SMILES string of the molecule is O=S(=O)(Cl)Cc1ccc2c(c1O)CCCC2. The number of aryl methyl sites for hydroxylation is 1. The van der Waals surface area contributed by atoms with Crippen LogP contribution in [-0.2, 0) is 27.6 Å². The van der Waals surface area contributed by atoms with E-state index in [0.29, 0.717) is 5.56 Å². The van der Waals surface area contributed by atoms with Crippen LogP contribution in [0.2, 0.25) is 0 Å². The van der Waals surface area contributed by atoms with Gasteiger partial charge in [-0.3, -0.25) is 0 Å². The topological polar surface area (TPSA) is 54.4 Å². The third-order valence-corrected chi connectivity index (χ3v) is 3.90. The minimum Gasteiger partial charge on any atom is -0.507 e. The molecule has 0 bridgehead atoms. The van der Waals surface area contributed by atoms with Crippen molar-refractivity contribution in [2.75, 3.05) is 0 Å². The van der Waals surface area contributed by atoms with Crippen molar-refractivity contribution in [3.05, 3.63) is 28.8 Å². The third kappa shape index (κ3) is 2.50. The summed E-state index contributed by atoms with van der Waals surface area (Å²) in [5.41, 5.74) is 2.42.